The quantitative estimate of drug-likeness (QED) is 0.557. The van der Waals surface area contributed by atoms with E-state index in [0.29, 0.717) is 24.6 Å². The predicted octanol–water partition coefficient (Wildman–Crippen LogP) is 2.20. The van der Waals surface area contributed by atoms with Gasteiger partial charge >= 0.3 is 12.0 Å². The topological polar surface area (TPSA) is 107 Å². The maximum atomic E-state index is 11.6. The first-order valence-electron chi connectivity index (χ1n) is 6.87. The van der Waals surface area contributed by atoms with Crippen molar-refractivity contribution in [3.05, 3.63) is 12.4 Å². The van der Waals surface area contributed by atoms with Gasteiger partial charge in [-0.15, -0.1) is 0 Å². The lowest BCUT2D eigenvalue weighted by molar-refractivity contribution is -0.137. The molecule has 2 amide bonds. The van der Waals surface area contributed by atoms with Crippen molar-refractivity contribution in [2.24, 2.45) is 5.92 Å². The van der Waals surface area contributed by atoms with E-state index in [-0.39, 0.29) is 12.5 Å². The molecule has 0 radical (unpaired) electrons. The molecule has 1 unspecified atom stereocenters. The number of hydrogen-bond acceptors (Lipinski definition) is 3. The summed E-state index contributed by atoms with van der Waals surface area (Å²) in [5.41, 5.74) is 0.610. The lowest BCUT2D eigenvalue weighted by Gasteiger charge is -2.15. The highest BCUT2D eigenvalue weighted by molar-refractivity contribution is 5.88. The third-order valence-corrected chi connectivity index (χ3v) is 3.06. The summed E-state index contributed by atoms with van der Waals surface area (Å²) in [6, 6.07) is -0.278. The van der Waals surface area contributed by atoms with E-state index < -0.39 is 5.97 Å². The minimum absolute atomic E-state index is 0.186. The molecule has 0 aliphatic carbocycles. The van der Waals surface area contributed by atoms with Gasteiger partial charge in [0.2, 0.25) is 0 Å². The minimum atomic E-state index is -0.767. The van der Waals surface area contributed by atoms with Gasteiger partial charge in [0.05, 0.1) is 11.9 Å². The number of H-pyrrole nitrogens is 1. The molecular formula is C13H22N4O3. The van der Waals surface area contributed by atoms with Crippen LogP contribution >= 0.6 is 0 Å². The van der Waals surface area contributed by atoms with Gasteiger partial charge in [-0.25, -0.2) is 4.79 Å². The summed E-state index contributed by atoms with van der Waals surface area (Å²) in [5, 5.41) is 20.4. The molecule has 0 aliphatic rings. The van der Waals surface area contributed by atoms with Crippen LogP contribution in [-0.2, 0) is 4.79 Å². The van der Waals surface area contributed by atoms with Crippen LogP contribution in [0.1, 0.15) is 39.0 Å². The van der Waals surface area contributed by atoms with Gasteiger partial charge in [-0.2, -0.15) is 5.10 Å². The van der Waals surface area contributed by atoms with Crippen LogP contribution in [0.15, 0.2) is 12.4 Å². The molecule has 4 N–H and O–H groups in total. The van der Waals surface area contributed by atoms with Crippen molar-refractivity contribution >= 4 is 17.7 Å². The van der Waals surface area contributed by atoms with Crippen molar-refractivity contribution in [2.75, 3.05) is 11.9 Å². The zero-order valence-corrected chi connectivity index (χ0v) is 11.7. The monoisotopic (exact) mass is 282 g/mol. The first-order valence-corrected chi connectivity index (χ1v) is 6.87. The summed E-state index contributed by atoms with van der Waals surface area (Å²) in [5.74, 6) is -0.429. The fraction of sp³-hybridized carbons (Fsp3) is 0.615. The molecule has 0 aromatic carbocycles. The van der Waals surface area contributed by atoms with E-state index in [9.17, 15) is 9.59 Å². The zero-order chi connectivity index (χ0) is 14.8. The number of rotatable bonds is 9. The summed E-state index contributed by atoms with van der Waals surface area (Å²) >= 11 is 0. The lowest BCUT2D eigenvalue weighted by atomic mass is 9.94. The highest BCUT2D eigenvalue weighted by Crippen LogP contribution is 2.17. The van der Waals surface area contributed by atoms with Crippen LogP contribution in [0.3, 0.4) is 0 Å². The molecule has 1 rings (SSSR count). The summed E-state index contributed by atoms with van der Waals surface area (Å²) in [4.78, 5) is 22.1. The molecule has 112 valence electrons. The standard InChI is InChI=1S/C13H22N4O3/c1-2-3-10(4-5-12(18)19)6-7-14-13(20)17-11-8-15-16-9-11/h8-10H,2-7H2,1H3,(H,15,16)(H,18,19)(H2,14,17,20). The highest BCUT2D eigenvalue weighted by Gasteiger charge is 2.11. The van der Waals surface area contributed by atoms with Crippen LogP contribution in [0, 0.1) is 5.92 Å². The molecule has 0 bridgehead atoms. The molecule has 1 atom stereocenters. The normalized spacial score (nSPS) is 11.8. The lowest BCUT2D eigenvalue weighted by Crippen LogP contribution is -2.30. The molecule has 7 nitrogen and oxygen atoms in total. The number of nitrogens with one attached hydrogen (secondary N) is 3. The molecule has 7 heteroatoms. The van der Waals surface area contributed by atoms with E-state index >= 15 is 0 Å². The van der Waals surface area contributed by atoms with Gasteiger partial charge in [0.15, 0.2) is 0 Å². The average Bonchev–Trinajstić information content (AvgIpc) is 2.88. The highest BCUT2D eigenvalue weighted by atomic mass is 16.4. The first kappa shape index (κ1) is 16.0. The molecule has 1 aromatic heterocycles. The van der Waals surface area contributed by atoms with E-state index in [1.807, 2.05) is 0 Å². The van der Waals surface area contributed by atoms with Crippen molar-refractivity contribution < 1.29 is 14.7 Å². The maximum Gasteiger partial charge on any atom is 0.319 e. The molecule has 0 saturated carbocycles. The van der Waals surface area contributed by atoms with Crippen LogP contribution in [0.25, 0.3) is 0 Å². The number of nitrogens with zero attached hydrogens (tertiary/aromatic N) is 1. The van der Waals surface area contributed by atoms with Crippen LogP contribution in [0.4, 0.5) is 10.5 Å². The van der Waals surface area contributed by atoms with Crippen molar-refractivity contribution in [3.8, 4) is 0 Å². The molecule has 20 heavy (non-hydrogen) atoms. The third kappa shape index (κ3) is 6.77. The van der Waals surface area contributed by atoms with Gasteiger partial charge in [-0.05, 0) is 18.8 Å². The van der Waals surface area contributed by atoms with Crippen molar-refractivity contribution in [3.63, 3.8) is 0 Å². The molecule has 0 aliphatic heterocycles. The van der Waals surface area contributed by atoms with Crippen LogP contribution in [0.2, 0.25) is 0 Å². The zero-order valence-electron chi connectivity index (χ0n) is 11.7. The van der Waals surface area contributed by atoms with Crippen molar-refractivity contribution in [2.45, 2.75) is 39.0 Å². The second kappa shape index (κ2) is 8.95. The molecule has 1 aromatic rings. The molecule has 1 heterocycles. The molecule has 0 saturated heterocycles. The number of aromatic nitrogens is 2. The van der Waals surface area contributed by atoms with Crippen molar-refractivity contribution in [1.82, 2.24) is 15.5 Å². The summed E-state index contributed by atoms with van der Waals surface area (Å²) in [7, 11) is 0. The number of aliphatic carboxylic acids is 1. The van der Waals surface area contributed by atoms with Gasteiger partial charge in [0, 0.05) is 19.2 Å². The Labute approximate surface area is 118 Å². The van der Waals surface area contributed by atoms with E-state index in [2.05, 4.69) is 27.8 Å². The average molecular weight is 282 g/mol. The van der Waals surface area contributed by atoms with E-state index in [4.69, 9.17) is 5.11 Å². The Morgan fingerprint density at radius 3 is 2.80 bits per heavy atom. The first-order chi connectivity index (χ1) is 9.61. The van der Waals surface area contributed by atoms with E-state index in [1.165, 1.54) is 6.20 Å². The Kier molecular flexibility index (Phi) is 7.16. The third-order valence-electron chi connectivity index (χ3n) is 3.06. The number of carboxylic acids is 1. The number of carbonyl (C=O) groups is 2. The van der Waals surface area contributed by atoms with Crippen LogP contribution in [0.5, 0.6) is 0 Å². The smallest absolute Gasteiger partial charge is 0.319 e. The number of hydrogen-bond donors (Lipinski definition) is 4. The van der Waals surface area contributed by atoms with Gasteiger partial charge in [0.1, 0.15) is 0 Å². The fourth-order valence-electron chi connectivity index (χ4n) is 2.05. The Morgan fingerprint density at radius 1 is 1.40 bits per heavy atom. The van der Waals surface area contributed by atoms with Gasteiger partial charge in [0.25, 0.3) is 0 Å². The number of urea groups is 1. The molecular weight excluding hydrogens is 260 g/mol. The van der Waals surface area contributed by atoms with Gasteiger partial charge in [-0.3, -0.25) is 9.89 Å². The second-order valence-corrected chi connectivity index (χ2v) is 4.74. The number of amides is 2. The van der Waals surface area contributed by atoms with E-state index in [1.54, 1.807) is 6.20 Å². The predicted molar refractivity (Wildman–Crippen MR) is 75.5 cm³/mol. The SMILES string of the molecule is CCCC(CCNC(=O)Nc1cn[nH]c1)CCC(=O)O. The Bertz CT molecular complexity index is 406. The maximum absolute atomic E-state index is 11.6. The van der Waals surface area contributed by atoms with E-state index in [0.717, 1.165) is 19.3 Å². The fourth-order valence-corrected chi connectivity index (χ4v) is 2.05. The molecule has 0 fully saturated rings. The van der Waals surface area contributed by atoms with Gasteiger partial charge < -0.3 is 15.7 Å². The number of carboxylic acid groups (broad SMARTS) is 1. The Morgan fingerprint density at radius 2 is 2.20 bits per heavy atom. The second-order valence-electron chi connectivity index (χ2n) is 4.74. The minimum Gasteiger partial charge on any atom is -0.481 e. The summed E-state index contributed by atoms with van der Waals surface area (Å²) in [6.07, 6.45) is 6.75. The van der Waals surface area contributed by atoms with Crippen molar-refractivity contribution in [1.29, 1.82) is 0 Å². The van der Waals surface area contributed by atoms with Gasteiger partial charge in [-0.1, -0.05) is 19.8 Å². The Hall–Kier alpha value is -2.05. The number of aromatic amines is 1. The van der Waals surface area contributed by atoms with Crippen LogP contribution in [-0.4, -0.2) is 33.8 Å². The number of anilines is 1. The summed E-state index contributed by atoms with van der Waals surface area (Å²) < 4.78 is 0. The largest absolute Gasteiger partial charge is 0.481 e. The number of carbonyl (C=O) groups excluding carboxylic acids is 1. The van der Waals surface area contributed by atoms with Crippen LogP contribution < -0.4 is 10.6 Å². The summed E-state index contributed by atoms with van der Waals surface area (Å²) in [6.45, 7) is 2.61. The molecule has 0 spiro atoms. The Balaban J connectivity index is 2.21.